The van der Waals surface area contributed by atoms with Crippen LogP contribution in [-0.4, -0.2) is 42.3 Å². The molecule has 1 unspecified atom stereocenters. The van der Waals surface area contributed by atoms with E-state index >= 15 is 0 Å². The molecule has 1 fully saturated rings. The zero-order chi connectivity index (χ0) is 21.5. The van der Waals surface area contributed by atoms with E-state index in [4.69, 9.17) is 0 Å². The van der Waals surface area contributed by atoms with Crippen molar-refractivity contribution in [1.29, 1.82) is 0 Å². The van der Waals surface area contributed by atoms with Crippen LogP contribution in [0, 0.1) is 0 Å². The molecule has 2 aliphatic rings. The standard InChI is InChI=1S/C22H22N2O5S/c1-14(24-21(26)18-8-4-5-9-19(18)22(24)27)20(25)23-15-10-12-17(13-11-15)30(28,29)16-6-2-3-7-16/h4-5,8-14,16H,2-3,6-7H2,1H3,(H,23,25). The quantitative estimate of drug-likeness (QED) is 0.741. The summed E-state index contributed by atoms with van der Waals surface area (Å²) in [6.07, 6.45) is 3.21. The fourth-order valence-corrected chi connectivity index (χ4v) is 5.90. The Morgan fingerprint density at radius 2 is 1.50 bits per heavy atom. The van der Waals surface area contributed by atoms with Crippen molar-refractivity contribution in [2.24, 2.45) is 0 Å². The van der Waals surface area contributed by atoms with Crippen LogP contribution in [-0.2, 0) is 14.6 Å². The van der Waals surface area contributed by atoms with Crippen LogP contribution in [0.5, 0.6) is 0 Å². The summed E-state index contributed by atoms with van der Waals surface area (Å²) in [5, 5.41) is 2.31. The minimum Gasteiger partial charge on any atom is -0.324 e. The lowest BCUT2D eigenvalue weighted by Crippen LogP contribution is -2.45. The number of hydrogen-bond acceptors (Lipinski definition) is 5. The van der Waals surface area contributed by atoms with Gasteiger partial charge in [-0.1, -0.05) is 25.0 Å². The molecule has 1 heterocycles. The molecule has 0 spiro atoms. The third kappa shape index (κ3) is 3.41. The highest BCUT2D eigenvalue weighted by Crippen LogP contribution is 2.30. The molecule has 1 aliphatic heterocycles. The summed E-state index contributed by atoms with van der Waals surface area (Å²) >= 11 is 0. The number of anilines is 1. The molecule has 1 atom stereocenters. The molecule has 0 saturated heterocycles. The van der Waals surface area contributed by atoms with Gasteiger partial charge in [0.2, 0.25) is 5.91 Å². The first-order valence-corrected chi connectivity index (χ1v) is 11.5. The maximum absolute atomic E-state index is 12.7. The van der Waals surface area contributed by atoms with Crippen LogP contribution >= 0.6 is 0 Å². The van der Waals surface area contributed by atoms with E-state index in [2.05, 4.69) is 5.32 Å². The molecule has 7 nitrogen and oxygen atoms in total. The third-order valence-electron chi connectivity index (χ3n) is 5.78. The minimum atomic E-state index is -3.37. The number of carbonyl (C=O) groups is 3. The maximum Gasteiger partial charge on any atom is 0.262 e. The Hall–Kier alpha value is -3.00. The van der Waals surface area contributed by atoms with Gasteiger partial charge in [0.1, 0.15) is 6.04 Å². The molecule has 8 heteroatoms. The minimum absolute atomic E-state index is 0.237. The fraction of sp³-hybridized carbons (Fsp3) is 0.318. The van der Waals surface area contributed by atoms with Gasteiger partial charge in [0.15, 0.2) is 9.84 Å². The number of fused-ring (bicyclic) bond motifs is 1. The van der Waals surface area contributed by atoms with Crippen molar-refractivity contribution in [2.45, 2.75) is 48.8 Å². The highest BCUT2D eigenvalue weighted by atomic mass is 32.2. The largest absolute Gasteiger partial charge is 0.324 e. The van der Waals surface area contributed by atoms with E-state index in [0.717, 1.165) is 17.7 Å². The normalized spacial score (nSPS) is 17.8. The number of carbonyl (C=O) groups excluding carboxylic acids is 3. The van der Waals surface area contributed by atoms with Gasteiger partial charge < -0.3 is 5.32 Å². The van der Waals surface area contributed by atoms with Crippen LogP contribution in [0.25, 0.3) is 0 Å². The van der Waals surface area contributed by atoms with Gasteiger partial charge in [-0.15, -0.1) is 0 Å². The lowest BCUT2D eigenvalue weighted by atomic mass is 10.1. The second-order valence-corrected chi connectivity index (χ2v) is 9.90. The van der Waals surface area contributed by atoms with E-state index in [1.54, 1.807) is 24.3 Å². The number of nitrogens with zero attached hydrogens (tertiary/aromatic N) is 1. The Bertz CT molecular complexity index is 1080. The summed E-state index contributed by atoms with van der Waals surface area (Å²) in [5.41, 5.74) is 0.959. The number of rotatable bonds is 5. The molecule has 1 N–H and O–H groups in total. The van der Waals surface area contributed by atoms with Crippen molar-refractivity contribution in [3.63, 3.8) is 0 Å². The highest BCUT2D eigenvalue weighted by Gasteiger charge is 2.40. The molecule has 4 rings (SSSR count). The first-order valence-electron chi connectivity index (χ1n) is 9.92. The van der Waals surface area contributed by atoms with E-state index < -0.39 is 33.6 Å². The Labute approximate surface area is 175 Å². The Balaban J connectivity index is 1.47. The monoisotopic (exact) mass is 426 g/mol. The molecular formula is C22H22N2O5S. The summed E-state index contributed by atoms with van der Waals surface area (Å²) < 4.78 is 25.3. The number of benzene rings is 2. The number of amides is 3. The zero-order valence-corrected chi connectivity index (χ0v) is 17.3. The molecule has 3 amide bonds. The second-order valence-electron chi connectivity index (χ2n) is 7.67. The highest BCUT2D eigenvalue weighted by molar-refractivity contribution is 7.92. The van der Waals surface area contributed by atoms with E-state index in [1.807, 2.05) is 0 Å². The van der Waals surface area contributed by atoms with E-state index in [9.17, 15) is 22.8 Å². The summed E-state index contributed by atoms with van der Waals surface area (Å²) in [6.45, 7) is 1.48. The fourth-order valence-electron chi connectivity index (χ4n) is 4.04. The summed E-state index contributed by atoms with van der Waals surface area (Å²) in [6, 6.07) is 11.4. The smallest absolute Gasteiger partial charge is 0.262 e. The van der Waals surface area contributed by atoms with Gasteiger partial charge in [-0.25, -0.2) is 8.42 Å². The second kappa shape index (κ2) is 7.68. The van der Waals surface area contributed by atoms with Crippen LogP contribution in [0.1, 0.15) is 53.3 Å². The van der Waals surface area contributed by atoms with Gasteiger partial charge in [0.25, 0.3) is 11.8 Å². The molecule has 1 aliphatic carbocycles. The lowest BCUT2D eigenvalue weighted by Gasteiger charge is -2.21. The van der Waals surface area contributed by atoms with Crippen molar-refractivity contribution in [1.82, 2.24) is 4.90 Å². The lowest BCUT2D eigenvalue weighted by molar-refractivity contribution is -0.119. The van der Waals surface area contributed by atoms with Crippen molar-refractivity contribution in [2.75, 3.05) is 5.32 Å². The SMILES string of the molecule is CC(C(=O)Nc1ccc(S(=O)(=O)C2CCCC2)cc1)N1C(=O)c2ccccc2C1=O. The molecule has 2 aromatic carbocycles. The molecule has 1 saturated carbocycles. The molecule has 0 bridgehead atoms. The number of sulfone groups is 1. The summed E-state index contributed by atoms with van der Waals surface area (Å²) in [5.74, 6) is -1.54. The number of imide groups is 1. The van der Waals surface area contributed by atoms with Crippen LogP contribution in [0.15, 0.2) is 53.4 Å². The topological polar surface area (TPSA) is 101 Å². The predicted molar refractivity (Wildman–Crippen MR) is 111 cm³/mol. The summed E-state index contributed by atoms with van der Waals surface area (Å²) in [7, 11) is -3.37. The van der Waals surface area contributed by atoms with Crippen LogP contribution in [0.4, 0.5) is 5.69 Å². The summed E-state index contributed by atoms with van der Waals surface area (Å²) in [4.78, 5) is 38.9. The van der Waals surface area contributed by atoms with Crippen LogP contribution in [0.3, 0.4) is 0 Å². The Morgan fingerprint density at radius 3 is 2.03 bits per heavy atom. The van der Waals surface area contributed by atoms with Gasteiger partial charge in [0, 0.05) is 5.69 Å². The van der Waals surface area contributed by atoms with Gasteiger partial charge >= 0.3 is 0 Å². The average molecular weight is 426 g/mol. The molecule has 2 aromatic rings. The van der Waals surface area contributed by atoms with Crippen molar-refractivity contribution in [3.05, 3.63) is 59.7 Å². The molecule has 0 radical (unpaired) electrons. The Morgan fingerprint density at radius 1 is 0.967 bits per heavy atom. The molecule has 30 heavy (non-hydrogen) atoms. The van der Waals surface area contributed by atoms with E-state index in [-0.39, 0.29) is 21.3 Å². The van der Waals surface area contributed by atoms with Gasteiger partial charge in [-0.05, 0) is 56.2 Å². The number of hydrogen-bond donors (Lipinski definition) is 1. The maximum atomic E-state index is 12.7. The van der Waals surface area contributed by atoms with Crippen molar-refractivity contribution < 1.29 is 22.8 Å². The zero-order valence-electron chi connectivity index (χ0n) is 16.5. The Kier molecular flexibility index (Phi) is 5.19. The molecular weight excluding hydrogens is 404 g/mol. The van der Waals surface area contributed by atoms with Crippen molar-refractivity contribution in [3.8, 4) is 0 Å². The van der Waals surface area contributed by atoms with E-state index in [0.29, 0.717) is 18.5 Å². The first kappa shape index (κ1) is 20.3. The third-order valence-corrected chi connectivity index (χ3v) is 8.06. The van der Waals surface area contributed by atoms with Gasteiger partial charge in [-0.2, -0.15) is 0 Å². The van der Waals surface area contributed by atoms with Crippen molar-refractivity contribution >= 4 is 33.2 Å². The molecule has 0 aromatic heterocycles. The van der Waals surface area contributed by atoms with Crippen LogP contribution in [0.2, 0.25) is 0 Å². The van der Waals surface area contributed by atoms with Crippen LogP contribution < -0.4 is 5.32 Å². The number of nitrogens with one attached hydrogen (secondary N) is 1. The molecule has 156 valence electrons. The predicted octanol–water partition coefficient (Wildman–Crippen LogP) is 3.03. The average Bonchev–Trinajstić information content (AvgIpc) is 3.37. The van der Waals surface area contributed by atoms with Gasteiger partial charge in [0.05, 0.1) is 21.3 Å². The first-order chi connectivity index (χ1) is 14.3. The van der Waals surface area contributed by atoms with E-state index in [1.165, 1.54) is 31.2 Å². The van der Waals surface area contributed by atoms with Gasteiger partial charge in [-0.3, -0.25) is 19.3 Å².